The first-order valence-electron chi connectivity index (χ1n) is 10.1. The lowest BCUT2D eigenvalue weighted by molar-refractivity contribution is -0.137. The number of carbonyl (C=O) groups is 1. The van der Waals surface area contributed by atoms with Gasteiger partial charge in [-0.05, 0) is 32.1 Å². The zero-order valence-corrected chi connectivity index (χ0v) is 15.7. The highest BCUT2D eigenvalue weighted by molar-refractivity contribution is 5.66. The average molecular weight is 345 g/mol. The van der Waals surface area contributed by atoms with E-state index in [2.05, 4.69) is 6.92 Å². The van der Waals surface area contributed by atoms with E-state index in [9.17, 15) is 15.0 Å². The summed E-state index contributed by atoms with van der Waals surface area (Å²) >= 11 is 0. The maximum Gasteiger partial charge on any atom is 0.303 e. The summed E-state index contributed by atoms with van der Waals surface area (Å²) < 4.78 is 0. The molecule has 0 aliphatic rings. The van der Waals surface area contributed by atoms with E-state index in [4.69, 9.17) is 5.11 Å². The average Bonchev–Trinajstić information content (AvgIpc) is 2.55. The molecule has 0 saturated carbocycles. The fraction of sp³-hybridized carbons (Fsp3) is 0.950. The molecule has 0 heterocycles. The Morgan fingerprint density at radius 3 is 1.54 bits per heavy atom. The number of aliphatic carboxylic acids is 1. The Bertz CT molecular complexity index is 281. The standard InChI is InChI=1S/C20H40O4/c1-2-3-13-18(21)16-17-19(22)14-11-9-7-5-4-6-8-10-12-15-20(23)24/h18-19,21-22H,2-17H2,1H3,(H,23,24). The normalized spacial score (nSPS) is 13.8. The van der Waals surface area contributed by atoms with Gasteiger partial charge in [-0.1, -0.05) is 71.1 Å². The molecule has 0 aromatic rings. The van der Waals surface area contributed by atoms with Crippen LogP contribution in [0.2, 0.25) is 0 Å². The summed E-state index contributed by atoms with van der Waals surface area (Å²) in [6.45, 7) is 2.13. The second-order valence-corrected chi connectivity index (χ2v) is 7.14. The molecule has 0 aliphatic heterocycles. The van der Waals surface area contributed by atoms with Crippen LogP contribution in [0.1, 0.15) is 110 Å². The molecular weight excluding hydrogens is 304 g/mol. The zero-order valence-electron chi connectivity index (χ0n) is 15.7. The van der Waals surface area contributed by atoms with Gasteiger partial charge in [0.1, 0.15) is 0 Å². The van der Waals surface area contributed by atoms with Crippen LogP contribution in [0, 0.1) is 0 Å². The number of carboxylic acid groups (broad SMARTS) is 1. The van der Waals surface area contributed by atoms with E-state index in [0.717, 1.165) is 64.2 Å². The predicted octanol–water partition coefficient (Wildman–Crippen LogP) is 5.05. The van der Waals surface area contributed by atoms with Gasteiger partial charge >= 0.3 is 5.97 Å². The van der Waals surface area contributed by atoms with Gasteiger partial charge < -0.3 is 15.3 Å². The quantitative estimate of drug-likeness (QED) is 0.304. The maximum absolute atomic E-state index is 10.4. The molecular formula is C20H40O4. The number of unbranched alkanes of at least 4 members (excludes halogenated alkanes) is 9. The van der Waals surface area contributed by atoms with Crippen LogP contribution < -0.4 is 0 Å². The van der Waals surface area contributed by atoms with Crippen molar-refractivity contribution in [3.05, 3.63) is 0 Å². The summed E-state index contributed by atoms with van der Waals surface area (Å²) in [6.07, 6.45) is 15.3. The molecule has 0 aromatic carbocycles. The lowest BCUT2D eigenvalue weighted by Gasteiger charge is -2.14. The molecule has 0 rings (SSSR count). The monoisotopic (exact) mass is 344 g/mol. The number of aliphatic hydroxyl groups excluding tert-OH is 2. The van der Waals surface area contributed by atoms with Crippen molar-refractivity contribution in [3.63, 3.8) is 0 Å². The van der Waals surface area contributed by atoms with Crippen molar-refractivity contribution in [2.75, 3.05) is 0 Å². The smallest absolute Gasteiger partial charge is 0.303 e. The minimum atomic E-state index is -0.687. The van der Waals surface area contributed by atoms with E-state index in [0.29, 0.717) is 6.42 Å². The second kappa shape index (κ2) is 17.2. The van der Waals surface area contributed by atoms with Crippen molar-refractivity contribution < 1.29 is 20.1 Å². The minimum Gasteiger partial charge on any atom is -0.481 e. The van der Waals surface area contributed by atoms with E-state index in [1.807, 2.05) is 0 Å². The molecule has 144 valence electrons. The lowest BCUT2D eigenvalue weighted by atomic mass is 10.0. The molecule has 2 unspecified atom stereocenters. The molecule has 0 fully saturated rings. The van der Waals surface area contributed by atoms with Gasteiger partial charge in [0.05, 0.1) is 12.2 Å². The van der Waals surface area contributed by atoms with Gasteiger partial charge in [0.25, 0.3) is 0 Å². The topological polar surface area (TPSA) is 77.8 Å². The molecule has 0 aromatic heterocycles. The summed E-state index contributed by atoms with van der Waals surface area (Å²) in [7, 11) is 0. The maximum atomic E-state index is 10.4. The Labute approximate surface area is 148 Å². The molecule has 0 spiro atoms. The lowest BCUT2D eigenvalue weighted by Crippen LogP contribution is -2.13. The van der Waals surface area contributed by atoms with Crippen LogP contribution >= 0.6 is 0 Å². The summed E-state index contributed by atoms with van der Waals surface area (Å²) in [6, 6.07) is 0. The zero-order chi connectivity index (χ0) is 18.0. The highest BCUT2D eigenvalue weighted by Gasteiger charge is 2.08. The summed E-state index contributed by atoms with van der Waals surface area (Å²) in [5.41, 5.74) is 0. The number of carboxylic acids is 1. The van der Waals surface area contributed by atoms with Gasteiger partial charge in [-0.2, -0.15) is 0 Å². The largest absolute Gasteiger partial charge is 0.481 e. The highest BCUT2D eigenvalue weighted by Crippen LogP contribution is 2.15. The molecule has 0 bridgehead atoms. The third kappa shape index (κ3) is 17.7. The summed E-state index contributed by atoms with van der Waals surface area (Å²) in [5.74, 6) is -0.687. The minimum absolute atomic E-state index is 0.241. The number of hydrogen-bond donors (Lipinski definition) is 3. The van der Waals surface area contributed by atoms with E-state index >= 15 is 0 Å². The fourth-order valence-electron chi connectivity index (χ4n) is 3.01. The Morgan fingerprint density at radius 1 is 0.667 bits per heavy atom. The summed E-state index contributed by atoms with van der Waals surface area (Å²) in [5, 5.41) is 28.2. The van der Waals surface area contributed by atoms with Crippen molar-refractivity contribution in [1.29, 1.82) is 0 Å². The molecule has 2 atom stereocenters. The highest BCUT2D eigenvalue weighted by atomic mass is 16.4. The van der Waals surface area contributed by atoms with Crippen molar-refractivity contribution in [2.24, 2.45) is 0 Å². The van der Waals surface area contributed by atoms with Crippen LogP contribution in [0.25, 0.3) is 0 Å². The Hall–Kier alpha value is -0.610. The van der Waals surface area contributed by atoms with Crippen LogP contribution in [0.4, 0.5) is 0 Å². The van der Waals surface area contributed by atoms with Gasteiger partial charge in [0.2, 0.25) is 0 Å². The molecule has 4 heteroatoms. The van der Waals surface area contributed by atoms with Crippen molar-refractivity contribution in [2.45, 2.75) is 122 Å². The van der Waals surface area contributed by atoms with Crippen LogP contribution in [0.3, 0.4) is 0 Å². The first kappa shape index (κ1) is 23.4. The van der Waals surface area contributed by atoms with Crippen molar-refractivity contribution >= 4 is 5.97 Å². The third-order valence-electron chi connectivity index (χ3n) is 4.65. The van der Waals surface area contributed by atoms with Crippen LogP contribution in [0.5, 0.6) is 0 Å². The van der Waals surface area contributed by atoms with Crippen molar-refractivity contribution in [1.82, 2.24) is 0 Å². The third-order valence-corrected chi connectivity index (χ3v) is 4.65. The molecule has 3 N–H and O–H groups in total. The van der Waals surface area contributed by atoms with Gasteiger partial charge in [0.15, 0.2) is 0 Å². The second-order valence-electron chi connectivity index (χ2n) is 7.14. The SMILES string of the molecule is CCCCC(O)CCC(O)CCCCCCCCCCCC(=O)O. The molecule has 0 amide bonds. The number of rotatable bonds is 18. The first-order valence-corrected chi connectivity index (χ1v) is 10.1. The van der Waals surface area contributed by atoms with Crippen LogP contribution in [-0.2, 0) is 4.79 Å². The Morgan fingerprint density at radius 2 is 1.08 bits per heavy atom. The van der Waals surface area contributed by atoms with Gasteiger partial charge in [-0.15, -0.1) is 0 Å². The van der Waals surface area contributed by atoms with E-state index in [1.165, 1.54) is 32.1 Å². The van der Waals surface area contributed by atoms with Crippen molar-refractivity contribution in [3.8, 4) is 0 Å². The van der Waals surface area contributed by atoms with Gasteiger partial charge in [0, 0.05) is 6.42 Å². The Kier molecular flexibility index (Phi) is 16.8. The fourth-order valence-corrected chi connectivity index (χ4v) is 3.01. The van der Waals surface area contributed by atoms with Crippen LogP contribution in [-0.4, -0.2) is 33.5 Å². The van der Waals surface area contributed by atoms with E-state index in [1.54, 1.807) is 0 Å². The van der Waals surface area contributed by atoms with Gasteiger partial charge in [-0.25, -0.2) is 0 Å². The van der Waals surface area contributed by atoms with Crippen LogP contribution in [0.15, 0.2) is 0 Å². The molecule has 4 nitrogen and oxygen atoms in total. The summed E-state index contributed by atoms with van der Waals surface area (Å²) in [4.78, 5) is 10.4. The number of hydrogen-bond acceptors (Lipinski definition) is 3. The number of aliphatic hydroxyl groups is 2. The Balaban J connectivity index is 3.24. The molecule has 0 saturated heterocycles. The van der Waals surface area contributed by atoms with E-state index in [-0.39, 0.29) is 12.2 Å². The first-order chi connectivity index (χ1) is 11.6. The van der Waals surface area contributed by atoms with Gasteiger partial charge in [-0.3, -0.25) is 4.79 Å². The van der Waals surface area contributed by atoms with E-state index < -0.39 is 5.97 Å². The predicted molar refractivity (Wildman–Crippen MR) is 99.2 cm³/mol. The molecule has 24 heavy (non-hydrogen) atoms. The molecule has 0 aliphatic carbocycles. The molecule has 0 radical (unpaired) electrons.